The van der Waals surface area contributed by atoms with Crippen LogP contribution in [0.2, 0.25) is 0 Å². The van der Waals surface area contributed by atoms with Crippen LogP contribution in [0.25, 0.3) is 0 Å². The van der Waals surface area contributed by atoms with E-state index in [4.69, 9.17) is 0 Å². The Morgan fingerprint density at radius 3 is 2.33 bits per heavy atom. The summed E-state index contributed by atoms with van der Waals surface area (Å²) in [5.74, 6) is 3.43. The summed E-state index contributed by atoms with van der Waals surface area (Å²) in [6, 6.07) is 3.11. The Kier molecular flexibility index (Phi) is 4.48. The van der Waals surface area contributed by atoms with Crippen molar-refractivity contribution in [3.8, 4) is 12.0 Å². The second-order valence-corrected chi connectivity index (χ2v) is 4.11. The molecule has 1 rings (SSSR count). The van der Waals surface area contributed by atoms with Gasteiger partial charge in [0.25, 0.3) is 0 Å². The minimum Gasteiger partial charge on any atom is -0.339 e. The quantitative estimate of drug-likeness (QED) is 0.604. The number of hydrogen-bond donors (Lipinski definition) is 0. The van der Waals surface area contributed by atoms with Gasteiger partial charge in [0.05, 0.1) is 0 Å². The first-order valence-electron chi connectivity index (χ1n) is 5.67. The van der Waals surface area contributed by atoms with Crippen molar-refractivity contribution in [3.63, 3.8) is 0 Å². The number of nitrogens with zero attached hydrogens (tertiary/aromatic N) is 2. The molecule has 0 aliphatic carbocycles. The summed E-state index contributed by atoms with van der Waals surface area (Å²) in [6.07, 6.45) is 0.894. The molecule has 1 amide bonds. The third kappa shape index (κ3) is 3.47. The second-order valence-electron chi connectivity index (χ2n) is 4.11. The van der Waals surface area contributed by atoms with Gasteiger partial charge < -0.3 is 9.80 Å². The van der Waals surface area contributed by atoms with Gasteiger partial charge in [-0.15, -0.1) is 0 Å². The minimum absolute atomic E-state index is 0.110. The monoisotopic (exact) mass is 208 g/mol. The van der Waals surface area contributed by atoms with Crippen LogP contribution in [0.1, 0.15) is 27.2 Å². The molecule has 15 heavy (non-hydrogen) atoms. The highest BCUT2D eigenvalue weighted by molar-refractivity contribution is 5.78. The van der Waals surface area contributed by atoms with Crippen LogP contribution in [-0.2, 0) is 4.79 Å². The van der Waals surface area contributed by atoms with Gasteiger partial charge in [-0.25, -0.2) is 0 Å². The molecule has 3 nitrogen and oxygen atoms in total. The van der Waals surface area contributed by atoms with Gasteiger partial charge >= 0.3 is 0 Å². The first-order valence-corrected chi connectivity index (χ1v) is 5.67. The smallest absolute Gasteiger partial charge is 0.225 e. The van der Waals surface area contributed by atoms with E-state index in [0.29, 0.717) is 0 Å². The van der Waals surface area contributed by atoms with E-state index in [9.17, 15) is 4.79 Å². The number of carbonyl (C=O) groups is 1. The molecule has 0 spiro atoms. The van der Waals surface area contributed by atoms with Crippen molar-refractivity contribution >= 4 is 5.91 Å². The zero-order valence-corrected chi connectivity index (χ0v) is 9.92. The van der Waals surface area contributed by atoms with Crippen molar-refractivity contribution in [2.24, 2.45) is 5.92 Å². The lowest BCUT2D eigenvalue weighted by molar-refractivity contribution is -0.135. The molecule has 1 heterocycles. The second kappa shape index (κ2) is 5.65. The average Bonchev–Trinajstić information content (AvgIpc) is 2.26. The molecule has 0 radical (unpaired) electrons. The maximum atomic E-state index is 11.7. The molecule has 0 aromatic heterocycles. The van der Waals surface area contributed by atoms with Crippen LogP contribution in [0.5, 0.6) is 0 Å². The first-order chi connectivity index (χ1) is 7.15. The van der Waals surface area contributed by atoms with Crippen LogP contribution in [0.4, 0.5) is 0 Å². The molecule has 0 aromatic rings. The predicted octanol–water partition coefficient (Wildman–Crippen LogP) is 1.16. The van der Waals surface area contributed by atoms with Gasteiger partial charge in [0.1, 0.15) is 0 Å². The van der Waals surface area contributed by atoms with Crippen molar-refractivity contribution in [3.05, 3.63) is 0 Å². The Labute approximate surface area is 92.4 Å². The maximum Gasteiger partial charge on any atom is 0.225 e. The van der Waals surface area contributed by atoms with Crippen LogP contribution >= 0.6 is 0 Å². The Morgan fingerprint density at radius 1 is 1.27 bits per heavy atom. The normalized spacial score (nSPS) is 16.3. The molecule has 1 aliphatic heterocycles. The standard InChI is InChI=1S/C12H20N2O/c1-4-5-6-13-7-9-14(10-8-13)12(15)11(2)3/h11H,4,7-10H2,1-3H3. The number of piperazine rings is 1. The predicted molar refractivity (Wildman–Crippen MR) is 61.1 cm³/mol. The van der Waals surface area contributed by atoms with Crippen molar-refractivity contribution < 1.29 is 4.79 Å². The third-order valence-corrected chi connectivity index (χ3v) is 2.50. The highest BCUT2D eigenvalue weighted by Crippen LogP contribution is 2.06. The summed E-state index contributed by atoms with van der Waals surface area (Å²) in [5, 5.41) is 0. The van der Waals surface area contributed by atoms with E-state index < -0.39 is 0 Å². The number of hydrogen-bond acceptors (Lipinski definition) is 2. The van der Waals surface area contributed by atoms with Crippen LogP contribution < -0.4 is 0 Å². The summed E-state index contributed by atoms with van der Waals surface area (Å²) in [4.78, 5) is 15.7. The van der Waals surface area contributed by atoms with E-state index in [1.165, 1.54) is 0 Å². The molecule has 1 saturated heterocycles. The van der Waals surface area contributed by atoms with Gasteiger partial charge in [-0.1, -0.05) is 26.7 Å². The lowest BCUT2D eigenvalue weighted by atomic mass is 10.1. The zero-order valence-electron chi connectivity index (χ0n) is 9.92. The summed E-state index contributed by atoms with van der Waals surface area (Å²) in [7, 11) is 0. The molecule has 0 saturated carbocycles. The van der Waals surface area contributed by atoms with Crippen LogP contribution in [0.15, 0.2) is 0 Å². The fourth-order valence-corrected chi connectivity index (χ4v) is 1.59. The van der Waals surface area contributed by atoms with Crippen molar-refractivity contribution in [2.75, 3.05) is 26.2 Å². The van der Waals surface area contributed by atoms with Gasteiger partial charge in [-0.2, -0.15) is 0 Å². The molecule has 0 bridgehead atoms. The topological polar surface area (TPSA) is 23.6 Å². The average molecular weight is 208 g/mol. The molecule has 1 aliphatic rings. The maximum absolute atomic E-state index is 11.7. The number of amides is 1. The Bertz CT molecular complexity index is 267. The molecule has 1 fully saturated rings. The summed E-state index contributed by atoms with van der Waals surface area (Å²) >= 11 is 0. The lowest BCUT2D eigenvalue weighted by Gasteiger charge is -2.33. The summed E-state index contributed by atoms with van der Waals surface area (Å²) in [6.45, 7) is 9.34. The fourth-order valence-electron chi connectivity index (χ4n) is 1.59. The minimum atomic E-state index is 0.110. The highest BCUT2D eigenvalue weighted by atomic mass is 16.2. The number of carbonyl (C=O) groups excluding carboxylic acids is 1. The summed E-state index contributed by atoms with van der Waals surface area (Å²) < 4.78 is 0. The van der Waals surface area contributed by atoms with Gasteiger partial charge in [-0.05, 0) is 0 Å². The number of rotatable bonds is 1. The molecular formula is C12H20N2O. The lowest BCUT2D eigenvalue weighted by Crippen LogP contribution is -2.48. The van der Waals surface area contributed by atoms with Crippen LogP contribution in [0, 0.1) is 17.9 Å². The van der Waals surface area contributed by atoms with Gasteiger partial charge in [-0.3, -0.25) is 4.79 Å². The SMILES string of the molecule is CCC#CN1CCN(C(=O)C(C)C)CC1. The Morgan fingerprint density at radius 2 is 1.87 bits per heavy atom. The van der Waals surface area contributed by atoms with E-state index in [0.717, 1.165) is 32.6 Å². The highest BCUT2D eigenvalue weighted by Gasteiger charge is 2.21. The summed E-state index contributed by atoms with van der Waals surface area (Å²) in [5.41, 5.74) is 0. The third-order valence-electron chi connectivity index (χ3n) is 2.50. The Balaban J connectivity index is 2.39. The zero-order chi connectivity index (χ0) is 11.3. The van der Waals surface area contributed by atoms with Crippen molar-refractivity contribution in [2.45, 2.75) is 27.2 Å². The largest absolute Gasteiger partial charge is 0.339 e. The van der Waals surface area contributed by atoms with E-state index >= 15 is 0 Å². The van der Waals surface area contributed by atoms with E-state index in [1.54, 1.807) is 0 Å². The van der Waals surface area contributed by atoms with Gasteiger partial charge in [0, 0.05) is 44.6 Å². The molecule has 84 valence electrons. The van der Waals surface area contributed by atoms with Gasteiger partial charge in [0.2, 0.25) is 5.91 Å². The molecule has 0 N–H and O–H groups in total. The van der Waals surface area contributed by atoms with E-state index in [2.05, 4.69) is 16.9 Å². The van der Waals surface area contributed by atoms with Crippen LogP contribution in [0.3, 0.4) is 0 Å². The first kappa shape index (κ1) is 11.9. The molecule has 0 aromatic carbocycles. The fraction of sp³-hybridized carbons (Fsp3) is 0.750. The molecular weight excluding hydrogens is 188 g/mol. The van der Waals surface area contributed by atoms with Crippen molar-refractivity contribution in [1.29, 1.82) is 0 Å². The molecule has 0 unspecified atom stereocenters. The molecule has 0 atom stereocenters. The van der Waals surface area contributed by atoms with Crippen LogP contribution in [-0.4, -0.2) is 41.9 Å². The Hall–Kier alpha value is -1.17. The van der Waals surface area contributed by atoms with Crippen molar-refractivity contribution in [1.82, 2.24) is 9.80 Å². The molecule has 3 heteroatoms. The van der Waals surface area contributed by atoms with E-state index in [-0.39, 0.29) is 11.8 Å². The van der Waals surface area contributed by atoms with E-state index in [1.807, 2.05) is 25.7 Å². The van der Waals surface area contributed by atoms with Gasteiger partial charge in [0.15, 0.2) is 0 Å².